The van der Waals surface area contributed by atoms with Crippen LogP contribution in [-0.2, 0) is 31.7 Å². The Morgan fingerprint density at radius 3 is 2.54 bits per heavy atom. The Labute approximate surface area is 241 Å². The number of piperazine rings is 1. The molecule has 1 aromatic carbocycles. The molecule has 0 unspecified atom stereocenters. The molecule has 4 rings (SSSR count). The van der Waals surface area contributed by atoms with Gasteiger partial charge in [0, 0.05) is 56.8 Å². The first-order chi connectivity index (χ1) is 19.6. The van der Waals surface area contributed by atoms with Crippen molar-refractivity contribution < 1.29 is 32.3 Å². The van der Waals surface area contributed by atoms with E-state index in [4.69, 9.17) is 4.74 Å². The number of anilines is 2. The highest BCUT2D eigenvalue weighted by molar-refractivity contribution is 7.13. The van der Waals surface area contributed by atoms with E-state index in [1.54, 1.807) is 28.4 Å². The van der Waals surface area contributed by atoms with Crippen LogP contribution in [-0.4, -0.2) is 85.5 Å². The summed E-state index contributed by atoms with van der Waals surface area (Å²) in [6, 6.07) is 5.20. The Kier molecular flexibility index (Phi) is 10.6. The highest BCUT2D eigenvalue weighted by atomic mass is 32.1. The highest BCUT2D eigenvalue weighted by Gasteiger charge is 2.31. The van der Waals surface area contributed by atoms with E-state index in [9.17, 15) is 27.6 Å². The molecule has 13 heteroatoms. The molecule has 2 aliphatic rings. The van der Waals surface area contributed by atoms with Gasteiger partial charge in [-0.25, -0.2) is 4.98 Å². The Balaban J connectivity index is 1.26. The first-order valence-corrected chi connectivity index (χ1v) is 14.7. The molecule has 0 spiro atoms. The minimum atomic E-state index is -4.41. The largest absolute Gasteiger partial charge is 0.416 e. The molecule has 1 saturated heterocycles. The summed E-state index contributed by atoms with van der Waals surface area (Å²) in [6.07, 6.45) is 0.501. The van der Waals surface area contributed by atoms with Crippen molar-refractivity contribution in [3.8, 4) is 0 Å². The van der Waals surface area contributed by atoms with E-state index < -0.39 is 11.7 Å². The van der Waals surface area contributed by atoms with Crippen LogP contribution in [0, 0.1) is 5.92 Å². The molecule has 2 heterocycles. The van der Waals surface area contributed by atoms with E-state index in [0.717, 1.165) is 44.2 Å². The van der Waals surface area contributed by atoms with Crippen molar-refractivity contribution in [2.45, 2.75) is 44.7 Å². The molecule has 1 aliphatic heterocycles. The second kappa shape index (κ2) is 14.1. The zero-order valence-electron chi connectivity index (χ0n) is 23.1. The number of carbonyl (C=O) groups is 3. The molecule has 224 valence electrons. The number of hydrogen-bond acceptors (Lipinski definition) is 7. The van der Waals surface area contributed by atoms with Gasteiger partial charge in [-0.05, 0) is 31.0 Å². The number of nitrogens with zero attached hydrogens (tertiary/aromatic N) is 4. The van der Waals surface area contributed by atoms with Gasteiger partial charge in [0.1, 0.15) is 6.54 Å². The van der Waals surface area contributed by atoms with Crippen LogP contribution in [0.4, 0.5) is 24.0 Å². The number of ether oxygens (including phenoxy) is 1. The van der Waals surface area contributed by atoms with Gasteiger partial charge in [0.25, 0.3) is 0 Å². The van der Waals surface area contributed by atoms with Crippen LogP contribution in [0.15, 0.2) is 29.6 Å². The van der Waals surface area contributed by atoms with Crippen molar-refractivity contribution in [3.05, 3.63) is 40.9 Å². The molecule has 1 aromatic heterocycles. The Morgan fingerprint density at radius 1 is 1.12 bits per heavy atom. The van der Waals surface area contributed by atoms with Crippen molar-refractivity contribution in [2.75, 3.05) is 63.2 Å². The molecule has 0 atom stereocenters. The van der Waals surface area contributed by atoms with Crippen molar-refractivity contribution in [3.63, 3.8) is 0 Å². The van der Waals surface area contributed by atoms with Gasteiger partial charge in [-0.2, -0.15) is 13.2 Å². The molecule has 9 nitrogen and oxygen atoms in total. The standard InChI is InChI=1S/C28H36F3N5O4S/c1-40-15-14-36(26(39)20-6-3-2-4-7-20)18-24(37)33-27-32-22(19-41-27)17-25(38)35-12-10-34(11-13-35)23-9-5-8-21(16-23)28(29,30)31/h5,8-9,16,19-20H,2-4,6-7,10-15,17-18H2,1H3,(H,32,33,37). The van der Waals surface area contributed by atoms with E-state index in [2.05, 4.69) is 10.3 Å². The molecule has 1 saturated carbocycles. The summed E-state index contributed by atoms with van der Waals surface area (Å²) in [7, 11) is 1.55. The predicted molar refractivity (Wildman–Crippen MR) is 150 cm³/mol. The number of benzene rings is 1. The zero-order chi connectivity index (χ0) is 29.4. The number of halogens is 3. The molecule has 0 bridgehead atoms. The number of amides is 3. The highest BCUT2D eigenvalue weighted by Crippen LogP contribution is 2.32. The Bertz CT molecular complexity index is 1190. The lowest BCUT2D eigenvalue weighted by Crippen LogP contribution is -2.49. The average molecular weight is 596 g/mol. The molecular formula is C28H36F3N5O4S. The topological polar surface area (TPSA) is 95.1 Å². The summed E-state index contributed by atoms with van der Waals surface area (Å²) >= 11 is 1.21. The normalized spacial score (nSPS) is 16.5. The number of methoxy groups -OCH3 is 1. The lowest BCUT2D eigenvalue weighted by Gasteiger charge is -2.36. The fourth-order valence-electron chi connectivity index (χ4n) is 5.21. The van der Waals surface area contributed by atoms with Crippen LogP contribution in [0.25, 0.3) is 0 Å². The fraction of sp³-hybridized carbons (Fsp3) is 0.571. The van der Waals surface area contributed by atoms with E-state index in [1.807, 2.05) is 4.90 Å². The third-order valence-electron chi connectivity index (χ3n) is 7.47. The zero-order valence-corrected chi connectivity index (χ0v) is 23.9. The van der Waals surface area contributed by atoms with Gasteiger partial charge in [-0.1, -0.05) is 25.3 Å². The number of alkyl halides is 3. The molecule has 3 amide bonds. The smallest absolute Gasteiger partial charge is 0.383 e. The monoisotopic (exact) mass is 595 g/mol. The third kappa shape index (κ3) is 8.65. The van der Waals surface area contributed by atoms with Gasteiger partial charge >= 0.3 is 6.18 Å². The summed E-state index contributed by atoms with van der Waals surface area (Å²) in [5.74, 6) is -0.572. The second-order valence-corrected chi connectivity index (χ2v) is 11.2. The molecule has 1 aliphatic carbocycles. The first kappa shape index (κ1) is 30.8. The van der Waals surface area contributed by atoms with E-state index in [-0.39, 0.29) is 36.6 Å². The second-order valence-electron chi connectivity index (χ2n) is 10.4. The van der Waals surface area contributed by atoms with Crippen molar-refractivity contribution in [1.29, 1.82) is 0 Å². The number of carbonyl (C=O) groups excluding carboxylic acids is 3. The van der Waals surface area contributed by atoms with Crippen LogP contribution < -0.4 is 10.2 Å². The summed E-state index contributed by atoms with van der Waals surface area (Å²) in [5, 5.41) is 4.80. The molecule has 1 N–H and O–H groups in total. The van der Waals surface area contributed by atoms with Crippen molar-refractivity contribution >= 4 is 39.9 Å². The fourth-order valence-corrected chi connectivity index (χ4v) is 5.94. The summed E-state index contributed by atoms with van der Waals surface area (Å²) < 4.78 is 44.3. The maximum Gasteiger partial charge on any atom is 0.416 e. The van der Waals surface area contributed by atoms with Crippen LogP contribution >= 0.6 is 11.3 Å². The Hall–Kier alpha value is -3.19. The number of rotatable bonds is 10. The van der Waals surface area contributed by atoms with Crippen LogP contribution in [0.2, 0.25) is 0 Å². The maximum atomic E-state index is 13.1. The van der Waals surface area contributed by atoms with Gasteiger partial charge in [0.2, 0.25) is 17.7 Å². The minimum absolute atomic E-state index is 0.0181. The first-order valence-electron chi connectivity index (χ1n) is 13.9. The quantitative estimate of drug-likeness (QED) is 0.446. The van der Waals surface area contributed by atoms with Gasteiger partial charge in [0.15, 0.2) is 5.13 Å². The number of nitrogens with one attached hydrogen (secondary N) is 1. The third-order valence-corrected chi connectivity index (χ3v) is 8.27. The molecule has 2 fully saturated rings. The lowest BCUT2D eigenvalue weighted by molar-refractivity contribution is -0.140. The summed E-state index contributed by atoms with van der Waals surface area (Å²) in [6.45, 7) is 2.18. The molecule has 2 aromatic rings. The van der Waals surface area contributed by atoms with Gasteiger partial charge in [-0.15, -0.1) is 11.3 Å². The summed E-state index contributed by atoms with van der Waals surface area (Å²) in [4.78, 5) is 48.1. The van der Waals surface area contributed by atoms with Crippen LogP contribution in [0.3, 0.4) is 0 Å². The minimum Gasteiger partial charge on any atom is -0.383 e. The number of hydrogen-bond donors (Lipinski definition) is 1. The predicted octanol–water partition coefficient (Wildman–Crippen LogP) is 4.05. The van der Waals surface area contributed by atoms with E-state index >= 15 is 0 Å². The number of aromatic nitrogens is 1. The van der Waals surface area contributed by atoms with E-state index in [0.29, 0.717) is 55.8 Å². The maximum absolute atomic E-state index is 13.1. The van der Waals surface area contributed by atoms with Crippen LogP contribution in [0.1, 0.15) is 43.4 Å². The molecule has 41 heavy (non-hydrogen) atoms. The van der Waals surface area contributed by atoms with Crippen molar-refractivity contribution in [2.24, 2.45) is 5.92 Å². The van der Waals surface area contributed by atoms with E-state index in [1.165, 1.54) is 17.4 Å². The van der Waals surface area contributed by atoms with Gasteiger partial charge in [-0.3, -0.25) is 14.4 Å². The van der Waals surface area contributed by atoms with Gasteiger partial charge < -0.3 is 24.8 Å². The molecule has 0 radical (unpaired) electrons. The Morgan fingerprint density at radius 2 is 1.85 bits per heavy atom. The summed E-state index contributed by atoms with van der Waals surface area (Å²) in [5.41, 5.74) is 0.302. The van der Waals surface area contributed by atoms with Crippen molar-refractivity contribution in [1.82, 2.24) is 14.8 Å². The lowest BCUT2D eigenvalue weighted by atomic mass is 9.88. The number of thiazole rings is 1. The SMILES string of the molecule is COCCN(CC(=O)Nc1nc(CC(=O)N2CCN(c3cccc(C(F)(F)F)c3)CC2)cs1)C(=O)C1CCCCC1. The average Bonchev–Trinajstić information content (AvgIpc) is 3.41. The van der Waals surface area contributed by atoms with Crippen LogP contribution in [0.5, 0.6) is 0 Å². The van der Waals surface area contributed by atoms with Gasteiger partial charge in [0.05, 0.1) is 24.3 Å². The molecular weight excluding hydrogens is 559 g/mol.